The fourth-order valence-corrected chi connectivity index (χ4v) is 2.30. The molecule has 0 heterocycles. The topological polar surface area (TPSA) is 66.8 Å². The van der Waals surface area contributed by atoms with Crippen LogP contribution >= 0.6 is 0 Å². The van der Waals surface area contributed by atoms with E-state index in [2.05, 4.69) is 6.92 Å². The van der Waals surface area contributed by atoms with Gasteiger partial charge in [0.1, 0.15) is 0 Å². The molecule has 0 bridgehead atoms. The van der Waals surface area contributed by atoms with Crippen LogP contribution in [0.3, 0.4) is 0 Å². The van der Waals surface area contributed by atoms with E-state index in [1.165, 1.54) is 56.4 Å². The van der Waals surface area contributed by atoms with Crippen molar-refractivity contribution in [1.29, 1.82) is 0 Å². The minimum atomic E-state index is -0.978. The number of unbranched alkanes of at least 4 members (excludes halogenated alkanes) is 9. The molecule has 0 aromatic rings. The standard InChI is InChI=1S/C17H33NO4/c1-3-4-5-6-7-8-9-10-11-12-15-18(2)22-17(21)14-13-16(19)20/h3-15H2,1-2H3,(H,19,20). The Hall–Kier alpha value is -1.10. The maximum atomic E-state index is 11.3. The van der Waals surface area contributed by atoms with E-state index in [9.17, 15) is 9.59 Å². The lowest BCUT2D eigenvalue weighted by Gasteiger charge is -2.15. The first-order chi connectivity index (χ1) is 10.6. The maximum Gasteiger partial charge on any atom is 0.325 e. The Bertz CT molecular complexity index is 294. The molecule has 0 spiro atoms. The summed E-state index contributed by atoms with van der Waals surface area (Å²) < 4.78 is 0. The van der Waals surface area contributed by atoms with Crippen molar-refractivity contribution in [2.45, 2.75) is 84.0 Å². The molecule has 0 amide bonds. The van der Waals surface area contributed by atoms with Crippen molar-refractivity contribution in [3.8, 4) is 0 Å². The lowest BCUT2D eigenvalue weighted by molar-refractivity contribution is -0.185. The lowest BCUT2D eigenvalue weighted by atomic mass is 10.1. The van der Waals surface area contributed by atoms with Crippen LogP contribution in [-0.4, -0.2) is 35.7 Å². The summed E-state index contributed by atoms with van der Waals surface area (Å²) in [7, 11) is 1.71. The van der Waals surface area contributed by atoms with Crippen LogP contribution in [0.25, 0.3) is 0 Å². The van der Waals surface area contributed by atoms with E-state index < -0.39 is 11.9 Å². The van der Waals surface area contributed by atoms with E-state index in [1.54, 1.807) is 7.05 Å². The van der Waals surface area contributed by atoms with Crippen LogP contribution in [0.5, 0.6) is 0 Å². The predicted molar refractivity (Wildman–Crippen MR) is 87.4 cm³/mol. The first kappa shape index (κ1) is 20.9. The zero-order valence-electron chi connectivity index (χ0n) is 14.3. The average Bonchev–Trinajstić information content (AvgIpc) is 2.47. The molecule has 130 valence electrons. The summed E-state index contributed by atoms with van der Waals surface area (Å²) in [5.74, 6) is -1.45. The van der Waals surface area contributed by atoms with Gasteiger partial charge < -0.3 is 9.94 Å². The van der Waals surface area contributed by atoms with E-state index in [4.69, 9.17) is 9.94 Å². The molecule has 0 unspecified atom stereocenters. The summed E-state index contributed by atoms with van der Waals surface area (Å²) in [6.45, 7) is 2.94. The quantitative estimate of drug-likeness (QED) is 0.363. The number of aliphatic carboxylic acids is 1. The Morgan fingerprint density at radius 3 is 1.86 bits per heavy atom. The monoisotopic (exact) mass is 315 g/mol. The van der Waals surface area contributed by atoms with Crippen molar-refractivity contribution in [2.75, 3.05) is 13.6 Å². The van der Waals surface area contributed by atoms with Gasteiger partial charge in [0.2, 0.25) is 0 Å². The van der Waals surface area contributed by atoms with Crippen molar-refractivity contribution in [3.05, 3.63) is 0 Å². The zero-order chi connectivity index (χ0) is 16.6. The number of carboxylic acids is 1. The number of carboxylic acid groups (broad SMARTS) is 1. The smallest absolute Gasteiger partial charge is 0.325 e. The second-order valence-electron chi connectivity index (χ2n) is 5.89. The molecule has 0 fully saturated rings. The molecule has 0 aliphatic carbocycles. The van der Waals surface area contributed by atoms with Gasteiger partial charge in [0.05, 0.1) is 12.8 Å². The van der Waals surface area contributed by atoms with E-state index >= 15 is 0 Å². The van der Waals surface area contributed by atoms with Crippen molar-refractivity contribution < 1.29 is 19.5 Å². The highest BCUT2D eigenvalue weighted by atomic mass is 16.7. The molecule has 0 saturated carbocycles. The van der Waals surface area contributed by atoms with Gasteiger partial charge in [-0.1, -0.05) is 64.7 Å². The molecule has 0 radical (unpaired) electrons. The number of rotatable bonds is 15. The minimum Gasteiger partial charge on any atom is -0.481 e. The van der Waals surface area contributed by atoms with Crippen LogP contribution in [0, 0.1) is 0 Å². The summed E-state index contributed by atoms with van der Waals surface area (Å²) in [5, 5.41) is 9.99. The molecule has 5 heteroatoms. The summed E-state index contributed by atoms with van der Waals surface area (Å²) in [6.07, 6.45) is 12.5. The normalized spacial score (nSPS) is 10.9. The SMILES string of the molecule is CCCCCCCCCCCCN(C)OC(=O)CCC(=O)O. The van der Waals surface area contributed by atoms with Gasteiger partial charge in [-0.2, -0.15) is 0 Å². The fraction of sp³-hybridized carbons (Fsp3) is 0.882. The van der Waals surface area contributed by atoms with E-state index in [-0.39, 0.29) is 12.8 Å². The Morgan fingerprint density at radius 2 is 1.36 bits per heavy atom. The number of carbonyl (C=O) groups is 2. The molecule has 0 aromatic heterocycles. The number of hydrogen-bond donors (Lipinski definition) is 1. The Morgan fingerprint density at radius 1 is 0.864 bits per heavy atom. The zero-order valence-corrected chi connectivity index (χ0v) is 14.3. The lowest BCUT2D eigenvalue weighted by Crippen LogP contribution is -2.24. The predicted octanol–water partition coefficient (Wildman–Crippen LogP) is 4.16. The second kappa shape index (κ2) is 14.8. The fourth-order valence-electron chi connectivity index (χ4n) is 2.30. The second-order valence-corrected chi connectivity index (χ2v) is 5.89. The Labute approximate surface area is 135 Å². The molecule has 22 heavy (non-hydrogen) atoms. The molecule has 0 atom stereocenters. The van der Waals surface area contributed by atoms with Crippen molar-refractivity contribution >= 4 is 11.9 Å². The first-order valence-corrected chi connectivity index (χ1v) is 8.70. The molecule has 1 N–H and O–H groups in total. The molecule has 0 aliphatic rings. The Balaban J connectivity index is 3.32. The van der Waals surface area contributed by atoms with E-state index in [0.717, 1.165) is 12.8 Å². The van der Waals surface area contributed by atoms with Gasteiger partial charge in [-0.05, 0) is 6.42 Å². The molecular weight excluding hydrogens is 282 g/mol. The van der Waals surface area contributed by atoms with E-state index in [1.807, 2.05) is 0 Å². The summed E-state index contributed by atoms with van der Waals surface area (Å²) in [6, 6.07) is 0. The third-order valence-electron chi connectivity index (χ3n) is 3.63. The maximum absolute atomic E-state index is 11.3. The van der Waals surface area contributed by atoms with Gasteiger partial charge in [-0.25, -0.2) is 0 Å². The number of hydroxylamine groups is 2. The third-order valence-corrected chi connectivity index (χ3v) is 3.63. The van der Waals surface area contributed by atoms with Gasteiger partial charge in [0.15, 0.2) is 0 Å². The molecule has 0 aromatic carbocycles. The highest BCUT2D eigenvalue weighted by Gasteiger charge is 2.09. The van der Waals surface area contributed by atoms with Gasteiger partial charge in [-0.15, -0.1) is 5.06 Å². The highest BCUT2D eigenvalue weighted by Crippen LogP contribution is 2.10. The summed E-state index contributed by atoms with van der Waals surface area (Å²) >= 11 is 0. The van der Waals surface area contributed by atoms with Gasteiger partial charge in [0.25, 0.3) is 0 Å². The third kappa shape index (κ3) is 15.3. The highest BCUT2D eigenvalue weighted by molar-refractivity contribution is 5.76. The molecule has 5 nitrogen and oxygen atoms in total. The number of carbonyl (C=O) groups excluding carboxylic acids is 1. The summed E-state index contributed by atoms with van der Waals surface area (Å²) in [4.78, 5) is 26.7. The van der Waals surface area contributed by atoms with Crippen LogP contribution in [0.2, 0.25) is 0 Å². The van der Waals surface area contributed by atoms with Gasteiger partial charge in [-0.3, -0.25) is 9.59 Å². The average molecular weight is 315 g/mol. The van der Waals surface area contributed by atoms with Crippen LogP contribution in [-0.2, 0) is 14.4 Å². The van der Waals surface area contributed by atoms with Crippen molar-refractivity contribution in [3.63, 3.8) is 0 Å². The number of hydrogen-bond acceptors (Lipinski definition) is 4. The summed E-state index contributed by atoms with van der Waals surface area (Å²) in [5.41, 5.74) is 0. The molecule has 0 rings (SSSR count). The van der Waals surface area contributed by atoms with Crippen molar-refractivity contribution in [1.82, 2.24) is 5.06 Å². The van der Waals surface area contributed by atoms with Gasteiger partial charge >= 0.3 is 11.9 Å². The minimum absolute atomic E-state index is 0.0717. The Kier molecular flexibility index (Phi) is 14.1. The van der Waals surface area contributed by atoms with Crippen LogP contribution in [0.4, 0.5) is 0 Å². The molecular formula is C17H33NO4. The first-order valence-electron chi connectivity index (χ1n) is 8.70. The van der Waals surface area contributed by atoms with Crippen LogP contribution < -0.4 is 0 Å². The van der Waals surface area contributed by atoms with Crippen LogP contribution in [0.1, 0.15) is 84.0 Å². The van der Waals surface area contributed by atoms with Gasteiger partial charge in [0, 0.05) is 13.6 Å². The molecule has 0 aliphatic heterocycles. The molecule has 0 saturated heterocycles. The van der Waals surface area contributed by atoms with E-state index in [0.29, 0.717) is 6.54 Å². The number of nitrogens with zero attached hydrogens (tertiary/aromatic N) is 1. The van der Waals surface area contributed by atoms with Crippen LogP contribution in [0.15, 0.2) is 0 Å². The largest absolute Gasteiger partial charge is 0.481 e. The van der Waals surface area contributed by atoms with Crippen molar-refractivity contribution in [2.24, 2.45) is 0 Å².